The summed E-state index contributed by atoms with van der Waals surface area (Å²) in [6.07, 6.45) is 0. The van der Waals surface area contributed by atoms with Gasteiger partial charge in [-0.25, -0.2) is 0 Å². The van der Waals surface area contributed by atoms with Crippen molar-refractivity contribution in [1.82, 2.24) is 14.8 Å². The highest BCUT2D eigenvalue weighted by atomic mass is 16.5. The van der Waals surface area contributed by atoms with E-state index in [4.69, 9.17) is 4.74 Å². The molecule has 94 valence electrons. The Morgan fingerprint density at radius 2 is 2.28 bits per heavy atom. The lowest BCUT2D eigenvalue weighted by Gasteiger charge is -2.22. The highest BCUT2D eigenvalue weighted by Crippen LogP contribution is 2.27. The van der Waals surface area contributed by atoms with Crippen molar-refractivity contribution < 1.29 is 4.74 Å². The van der Waals surface area contributed by atoms with E-state index in [9.17, 15) is 0 Å². The average molecular weight is 244 g/mol. The van der Waals surface area contributed by atoms with Crippen LogP contribution in [0, 0.1) is 5.92 Å². The maximum Gasteiger partial charge on any atom is 0.224 e. The van der Waals surface area contributed by atoms with Gasteiger partial charge in [-0.2, -0.15) is 0 Å². The lowest BCUT2D eigenvalue weighted by Crippen LogP contribution is -2.25. The highest BCUT2D eigenvalue weighted by molar-refractivity contribution is 5.60. The zero-order valence-electron chi connectivity index (χ0n) is 10.6. The first kappa shape index (κ1) is 11.1. The Morgan fingerprint density at radius 3 is 3.11 bits per heavy atom. The minimum Gasteiger partial charge on any atom is -0.497 e. The van der Waals surface area contributed by atoms with Crippen LogP contribution < -0.4 is 10.1 Å². The molecular formula is C13H16N4O. The quantitative estimate of drug-likeness (QED) is 0.878. The van der Waals surface area contributed by atoms with Gasteiger partial charge >= 0.3 is 0 Å². The van der Waals surface area contributed by atoms with Crippen LogP contribution in [0.2, 0.25) is 0 Å². The molecule has 1 aliphatic heterocycles. The molecule has 2 aromatic rings. The zero-order chi connectivity index (χ0) is 12.5. The molecule has 0 spiro atoms. The Kier molecular flexibility index (Phi) is 2.66. The second-order valence-electron chi connectivity index (χ2n) is 4.68. The fourth-order valence-corrected chi connectivity index (χ4v) is 2.22. The fourth-order valence-electron chi connectivity index (χ4n) is 2.22. The standard InChI is InChI=1S/C13H16N4O/c1-9-7-14-13-16-15-12(17(13)8-9)10-4-3-5-11(6-10)18-2/h3-6,9H,7-8H2,1-2H3,(H,14,16). The van der Waals surface area contributed by atoms with Crippen LogP contribution in [-0.4, -0.2) is 28.4 Å². The van der Waals surface area contributed by atoms with Gasteiger partial charge in [0, 0.05) is 18.7 Å². The van der Waals surface area contributed by atoms with E-state index in [1.165, 1.54) is 0 Å². The molecule has 0 saturated carbocycles. The predicted molar refractivity (Wildman–Crippen MR) is 69.7 cm³/mol. The number of hydrogen-bond donors (Lipinski definition) is 1. The van der Waals surface area contributed by atoms with Crippen LogP contribution in [0.1, 0.15) is 6.92 Å². The summed E-state index contributed by atoms with van der Waals surface area (Å²) in [6, 6.07) is 7.91. The molecule has 1 unspecified atom stereocenters. The van der Waals surface area contributed by atoms with Crippen LogP contribution in [0.15, 0.2) is 24.3 Å². The lowest BCUT2D eigenvalue weighted by molar-refractivity contribution is 0.415. The number of nitrogens with zero attached hydrogens (tertiary/aromatic N) is 3. The first-order chi connectivity index (χ1) is 8.78. The van der Waals surface area contributed by atoms with Gasteiger partial charge in [-0.3, -0.25) is 4.57 Å². The second kappa shape index (κ2) is 4.33. The number of fused-ring (bicyclic) bond motifs is 1. The van der Waals surface area contributed by atoms with Crippen molar-refractivity contribution in [2.24, 2.45) is 5.92 Å². The van der Waals surface area contributed by atoms with E-state index in [2.05, 4.69) is 27.0 Å². The molecule has 1 aromatic heterocycles. The largest absolute Gasteiger partial charge is 0.497 e. The summed E-state index contributed by atoms with van der Waals surface area (Å²) in [4.78, 5) is 0. The van der Waals surface area contributed by atoms with Gasteiger partial charge in [0.25, 0.3) is 0 Å². The third kappa shape index (κ3) is 1.81. The van der Waals surface area contributed by atoms with Gasteiger partial charge in [0.2, 0.25) is 5.95 Å². The van der Waals surface area contributed by atoms with Gasteiger partial charge in [0.15, 0.2) is 5.82 Å². The van der Waals surface area contributed by atoms with Crippen LogP contribution >= 0.6 is 0 Å². The maximum atomic E-state index is 5.25. The molecule has 1 atom stereocenters. The van der Waals surface area contributed by atoms with E-state index < -0.39 is 0 Å². The Bertz CT molecular complexity index is 564. The number of nitrogens with one attached hydrogen (secondary N) is 1. The summed E-state index contributed by atoms with van der Waals surface area (Å²) in [7, 11) is 1.67. The number of aromatic nitrogens is 3. The summed E-state index contributed by atoms with van der Waals surface area (Å²) in [5.41, 5.74) is 1.03. The van der Waals surface area contributed by atoms with Gasteiger partial charge in [-0.15, -0.1) is 10.2 Å². The number of benzene rings is 1. The van der Waals surface area contributed by atoms with Gasteiger partial charge in [0.05, 0.1) is 7.11 Å². The molecule has 1 N–H and O–H groups in total. The molecule has 0 fully saturated rings. The summed E-state index contributed by atoms with van der Waals surface area (Å²) in [6.45, 7) is 4.11. The van der Waals surface area contributed by atoms with E-state index >= 15 is 0 Å². The van der Waals surface area contributed by atoms with Gasteiger partial charge in [-0.05, 0) is 18.1 Å². The molecule has 0 amide bonds. The summed E-state index contributed by atoms with van der Waals surface area (Å²) in [5, 5.41) is 11.7. The first-order valence-electron chi connectivity index (χ1n) is 6.09. The molecule has 2 heterocycles. The van der Waals surface area contributed by atoms with Crippen molar-refractivity contribution in [3.8, 4) is 17.1 Å². The number of anilines is 1. The predicted octanol–water partition coefficient (Wildman–Crippen LogP) is 2.02. The Balaban J connectivity index is 2.04. The molecule has 1 aliphatic rings. The van der Waals surface area contributed by atoms with Crippen molar-refractivity contribution in [2.45, 2.75) is 13.5 Å². The molecular weight excluding hydrogens is 228 g/mol. The number of methoxy groups -OCH3 is 1. The molecule has 0 bridgehead atoms. The molecule has 5 nitrogen and oxygen atoms in total. The minimum atomic E-state index is 0.581. The normalized spacial score (nSPS) is 18.0. The Labute approximate surface area is 106 Å². The van der Waals surface area contributed by atoms with E-state index in [1.807, 2.05) is 24.3 Å². The summed E-state index contributed by atoms with van der Waals surface area (Å²) >= 11 is 0. The average Bonchev–Trinajstić information content (AvgIpc) is 2.81. The monoisotopic (exact) mass is 244 g/mol. The fraction of sp³-hybridized carbons (Fsp3) is 0.385. The van der Waals surface area contributed by atoms with E-state index in [0.29, 0.717) is 5.92 Å². The minimum absolute atomic E-state index is 0.581. The van der Waals surface area contributed by atoms with E-state index in [-0.39, 0.29) is 0 Å². The molecule has 18 heavy (non-hydrogen) atoms. The maximum absolute atomic E-state index is 5.25. The number of ether oxygens (including phenoxy) is 1. The smallest absolute Gasteiger partial charge is 0.224 e. The Hall–Kier alpha value is -2.04. The first-order valence-corrected chi connectivity index (χ1v) is 6.09. The molecule has 0 saturated heterocycles. The lowest BCUT2D eigenvalue weighted by atomic mass is 10.1. The SMILES string of the molecule is COc1cccc(-c2nnc3n2CC(C)CN3)c1. The van der Waals surface area contributed by atoms with Crippen molar-refractivity contribution >= 4 is 5.95 Å². The van der Waals surface area contributed by atoms with E-state index in [0.717, 1.165) is 36.2 Å². The van der Waals surface area contributed by atoms with Gasteiger partial charge in [0.1, 0.15) is 5.75 Å². The summed E-state index contributed by atoms with van der Waals surface area (Å²) < 4.78 is 7.37. The number of hydrogen-bond acceptors (Lipinski definition) is 4. The van der Waals surface area contributed by atoms with Crippen molar-refractivity contribution in [3.63, 3.8) is 0 Å². The molecule has 0 aliphatic carbocycles. The van der Waals surface area contributed by atoms with Crippen LogP contribution in [-0.2, 0) is 6.54 Å². The Morgan fingerprint density at radius 1 is 1.39 bits per heavy atom. The van der Waals surface area contributed by atoms with Crippen molar-refractivity contribution in [1.29, 1.82) is 0 Å². The molecule has 1 aromatic carbocycles. The van der Waals surface area contributed by atoms with Crippen LogP contribution in [0.5, 0.6) is 5.75 Å². The van der Waals surface area contributed by atoms with Crippen molar-refractivity contribution in [3.05, 3.63) is 24.3 Å². The van der Waals surface area contributed by atoms with E-state index in [1.54, 1.807) is 7.11 Å². The summed E-state index contributed by atoms with van der Waals surface area (Å²) in [5.74, 6) is 3.16. The van der Waals surface area contributed by atoms with Crippen molar-refractivity contribution in [2.75, 3.05) is 19.0 Å². The third-order valence-electron chi connectivity index (χ3n) is 3.18. The van der Waals surface area contributed by atoms with Gasteiger partial charge in [-0.1, -0.05) is 19.1 Å². The molecule has 0 radical (unpaired) electrons. The molecule has 5 heteroatoms. The zero-order valence-corrected chi connectivity index (χ0v) is 10.6. The van der Waals surface area contributed by atoms with Crippen LogP contribution in [0.4, 0.5) is 5.95 Å². The molecule has 3 rings (SSSR count). The van der Waals surface area contributed by atoms with Crippen LogP contribution in [0.25, 0.3) is 11.4 Å². The van der Waals surface area contributed by atoms with Gasteiger partial charge < -0.3 is 10.1 Å². The highest BCUT2D eigenvalue weighted by Gasteiger charge is 2.20. The third-order valence-corrected chi connectivity index (χ3v) is 3.18. The van der Waals surface area contributed by atoms with Crippen LogP contribution in [0.3, 0.4) is 0 Å². The topological polar surface area (TPSA) is 52.0 Å². The second-order valence-corrected chi connectivity index (χ2v) is 4.68. The number of rotatable bonds is 2.